The quantitative estimate of drug-likeness (QED) is 0.496. The fraction of sp³-hybridized carbons (Fsp3) is 0.462. The Hall–Kier alpha value is -1.68. The molecule has 0 amide bonds. The molecule has 1 N–H and O–H groups in total. The molecule has 5 rings (SSSR count). The monoisotopic (exact) mass is 456 g/mol. The molecule has 0 spiro atoms. The summed E-state index contributed by atoms with van der Waals surface area (Å²) in [6.45, 7) is 8.06. The Morgan fingerprint density at radius 3 is 2.77 bits per heavy atom. The van der Waals surface area contributed by atoms with Gasteiger partial charge in [-0.3, -0.25) is 0 Å². The van der Waals surface area contributed by atoms with Crippen molar-refractivity contribution in [1.82, 2.24) is 9.88 Å². The van der Waals surface area contributed by atoms with Crippen molar-refractivity contribution in [1.29, 1.82) is 0 Å². The maximum absolute atomic E-state index is 6.69. The van der Waals surface area contributed by atoms with Crippen LogP contribution in [-0.4, -0.2) is 24.3 Å². The highest BCUT2D eigenvalue weighted by molar-refractivity contribution is 6.38. The van der Waals surface area contributed by atoms with E-state index in [0.29, 0.717) is 11.6 Å². The highest BCUT2D eigenvalue weighted by Crippen LogP contribution is 2.40. The van der Waals surface area contributed by atoms with E-state index in [2.05, 4.69) is 48.0 Å². The molecule has 3 aromatic rings. The zero-order chi connectivity index (χ0) is 21.6. The van der Waals surface area contributed by atoms with Gasteiger partial charge in [-0.1, -0.05) is 49.2 Å². The average molecular weight is 457 g/mol. The molecule has 164 valence electrons. The van der Waals surface area contributed by atoms with Crippen LogP contribution in [-0.2, 0) is 31.2 Å². The van der Waals surface area contributed by atoms with Crippen molar-refractivity contribution >= 4 is 34.1 Å². The van der Waals surface area contributed by atoms with Crippen molar-refractivity contribution in [3.05, 3.63) is 62.8 Å². The van der Waals surface area contributed by atoms with Crippen molar-refractivity contribution in [3.63, 3.8) is 0 Å². The number of halogens is 2. The molecule has 3 nitrogen and oxygen atoms in total. The topological polar surface area (TPSA) is 26.2 Å². The Bertz CT molecular complexity index is 1130. The van der Waals surface area contributed by atoms with E-state index < -0.39 is 0 Å². The molecule has 2 heterocycles. The van der Waals surface area contributed by atoms with Gasteiger partial charge in [-0.25, -0.2) is 0 Å². The molecule has 2 aromatic carbocycles. The maximum atomic E-state index is 6.69. The molecule has 2 aliphatic rings. The number of ether oxygens (including phenoxy) is 1. The lowest BCUT2D eigenvalue weighted by Crippen LogP contribution is -2.24. The largest absolute Gasteiger partial charge is 0.491 e. The first-order valence-corrected chi connectivity index (χ1v) is 12.2. The van der Waals surface area contributed by atoms with Crippen molar-refractivity contribution in [2.24, 2.45) is 0 Å². The summed E-state index contributed by atoms with van der Waals surface area (Å²) in [5, 5.41) is 6.13. The summed E-state index contributed by atoms with van der Waals surface area (Å²) in [5.74, 6) is 1.05. The first-order valence-electron chi connectivity index (χ1n) is 11.4. The van der Waals surface area contributed by atoms with Crippen LogP contribution in [0.15, 0.2) is 30.3 Å². The van der Waals surface area contributed by atoms with Crippen LogP contribution >= 0.6 is 23.2 Å². The van der Waals surface area contributed by atoms with Crippen molar-refractivity contribution in [2.45, 2.75) is 57.9 Å². The molecule has 0 bridgehead atoms. The zero-order valence-corrected chi connectivity index (χ0v) is 19.9. The van der Waals surface area contributed by atoms with Crippen molar-refractivity contribution in [2.75, 3.05) is 19.7 Å². The summed E-state index contributed by atoms with van der Waals surface area (Å²) in [6, 6.07) is 10.5. The van der Waals surface area contributed by atoms with Gasteiger partial charge in [-0.15, -0.1) is 0 Å². The summed E-state index contributed by atoms with van der Waals surface area (Å²) in [5.41, 5.74) is 6.90. The minimum Gasteiger partial charge on any atom is -0.491 e. The molecule has 0 radical (unpaired) electrons. The molecule has 5 heteroatoms. The predicted octanol–water partition coefficient (Wildman–Crippen LogP) is 6.33. The van der Waals surface area contributed by atoms with E-state index in [9.17, 15) is 0 Å². The Kier molecular flexibility index (Phi) is 5.70. The molecule has 0 fully saturated rings. The number of fused-ring (bicyclic) bond motifs is 4. The lowest BCUT2D eigenvalue weighted by Gasteiger charge is -2.33. The van der Waals surface area contributed by atoms with Gasteiger partial charge in [0.05, 0.1) is 17.1 Å². The number of benzene rings is 2. The van der Waals surface area contributed by atoms with E-state index in [-0.39, 0.29) is 5.41 Å². The normalized spacial score (nSPS) is 17.8. The van der Waals surface area contributed by atoms with Crippen LogP contribution in [0.5, 0.6) is 5.75 Å². The predicted molar refractivity (Wildman–Crippen MR) is 130 cm³/mol. The van der Waals surface area contributed by atoms with E-state index in [1.165, 1.54) is 40.6 Å². The SMILES string of the molecule is CC1(C)CCCc2c(OCCn3c4c(c5cc(Cl)cc(Cl)c53)CCNCC4)cccc21. The Balaban J connectivity index is 1.46. The molecular formula is C26H30Cl2N2O. The van der Waals surface area contributed by atoms with Gasteiger partial charge in [0.1, 0.15) is 12.4 Å². The average Bonchev–Trinajstić information content (AvgIpc) is 2.87. The van der Waals surface area contributed by atoms with Crippen molar-refractivity contribution < 1.29 is 4.74 Å². The van der Waals surface area contributed by atoms with Crippen LogP contribution in [0.1, 0.15) is 49.1 Å². The Morgan fingerprint density at radius 1 is 1.06 bits per heavy atom. The van der Waals surface area contributed by atoms with Crippen LogP contribution in [0, 0.1) is 0 Å². The number of aromatic nitrogens is 1. The molecule has 0 saturated carbocycles. The van der Waals surface area contributed by atoms with Gasteiger partial charge >= 0.3 is 0 Å². The molecule has 1 aliphatic heterocycles. The van der Waals surface area contributed by atoms with Gasteiger partial charge in [0.2, 0.25) is 0 Å². The van der Waals surface area contributed by atoms with E-state index in [1.807, 2.05) is 6.07 Å². The molecule has 0 saturated heterocycles. The minimum atomic E-state index is 0.223. The van der Waals surface area contributed by atoms with Crippen LogP contribution in [0.2, 0.25) is 10.0 Å². The van der Waals surface area contributed by atoms with Gasteiger partial charge in [-0.2, -0.15) is 0 Å². The van der Waals surface area contributed by atoms with Crippen LogP contribution < -0.4 is 10.1 Å². The summed E-state index contributed by atoms with van der Waals surface area (Å²) in [7, 11) is 0. The van der Waals surface area contributed by atoms with E-state index in [1.54, 1.807) is 0 Å². The summed E-state index contributed by atoms with van der Waals surface area (Å²) < 4.78 is 8.77. The standard InChI is InChI=1S/C26H30Cl2N2O/c1-26(2)10-4-5-19-21(26)6-3-7-24(19)31-14-13-30-23-9-12-29-11-8-18(23)20-15-17(27)16-22(28)25(20)30/h3,6-7,15-16,29H,4-5,8-14H2,1-2H3. The first kappa shape index (κ1) is 21.2. The highest BCUT2D eigenvalue weighted by atomic mass is 35.5. The number of rotatable bonds is 4. The number of hydrogen-bond donors (Lipinski definition) is 1. The van der Waals surface area contributed by atoms with Gasteiger partial charge < -0.3 is 14.6 Å². The highest BCUT2D eigenvalue weighted by Gasteiger charge is 2.29. The van der Waals surface area contributed by atoms with E-state index >= 15 is 0 Å². The lowest BCUT2D eigenvalue weighted by molar-refractivity contribution is 0.291. The van der Waals surface area contributed by atoms with E-state index in [0.717, 1.165) is 55.2 Å². The second-order valence-corrected chi connectivity index (χ2v) is 10.3. The summed E-state index contributed by atoms with van der Waals surface area (Å²) >= 11 is 13.0. The number of nitrogens with one attached hydrogen (secondary N) is 1. The first-order chi connectivity index (χ1) is 15.0. The van der Waals surface area contributed by atoms with Crippen LogP contribution in [0.3, 0.4) is 0 Å². The van der Waals surface area contributed by atoms with Crippen molar-refractivity contribution in [3.8, 4) is 5.75 Å². The van der Waals surface area contributed by atoms with Gasteiger partial charge in [0, 0.05) is 29.1 Å². The Labute approximate surface area is 194 Å². The molecule has 1 aliphatic carbocycles. The van der Waals surface area contributed by atoms with Gasteiger partial charge in [0.25, 0.3) is 0 Å². The molecule has 0 atom stereocenters. The van der Waals surface area contributed by atoms with Gasteiger partial charge in [-0.05, 0) is 72.5 Å². The molecule has 1 aromatic heterocycles. The summed E-state index contributed by atoms with van der Waals surface area (Å²) in [4.78, 5) is 0. The van der Waals surface area contributed by atoms with E-state index in [4.69, 9.17) is 27.9 Å². The van der Waals surface area contributed by atoms with Crippen LogP contribution in [0.4, 0.5) is 0 Å². The third kappa shape index (κ3) is 3.86. The fourth-order valence-electron chi connectivity index (χ4n) is 5.56. The third-order valence-corrected chi connectivity index (χ3v) is 7.56. The second kappa shape index (κ2) is 8.35. The van der Waals surface area contributed by atoms with Gasteiger partial charge in [0.15, 0.2) is 0 Å². The number of nitrogens with zero attached hydrogens (tertiary/aromatic N) is 1. The second-order valence-electron chi connectivity index (χ2n) is 9.48. The Morgan fingerprint density at radius 2 is 1.90 bits per heavy atom. The van der Waals surface area contributed by atoms with Crippen LogP contribution in [0.25, 0.3) is 10.9 Å². The maximum Gasteiger partial charge on any atom is 0.122 e. The number of hydrogen-bond acceptors (Lipinski definition) is 2. The minimum absolute atomic E-state index is 0.223. The third-order valence-electron chi connectivity index (χ3n) is 7.05. The fourth-order valence-corrected chi connectivity index (χ4v) is 6.16. The molecule has 31 heavy (non-hydrogen) atoms. The summed E-state index contributed by atoms with van der Waals surface area (Å²) in [6.07, 6.45) is 5.55. The lowest BCUT2D eigenvalue weighted by atomic mass is 9.72. The zero-order valence-electron chi connectivity index (χ0n) is 18.4. The molecular weight excluding hydrogens is 427 g/mol. The molecule has 0 unspecified atom stereocenters. The smallest absolute Gasteiger partial charge is 0.122 e.